The molecule has 2 aromatic carbocycles. The molecule has 0 unspecified atom stereocenters. The van der Waals surface area contributed by atoms with E-state index in [1.54, 1.807) is 6.33 Å². The summed E-state index contributed by atoms with van der Waals surface area (Å²) < 4.78 is 1.92. The number of nitrogens with one attached hydrogen (secondary N) is 1. The average molecular weight is 464 g/mol. The molecule has 0 radical (unpaired) electrons. The molecule has 1 aliphatic heterocycles. The molecule has 0 aliphatic carbocycles. The Morgan fingerprint density at radius 1 is 1.06 bits per heavy atom. The van der Waals surface area contributed by atoms with Crippen LogP contribution in [0.2, 0.25) is 0 Å². The first-order valence-electron chi connectivity index (χ1n) is 11.4. The highest BCUT2D eigenvalue weighted by Crippen LogP contribution is 2.22. The summed E-state index contributed by atoms with van der Waals surface area (Å²) in [7, 11) is 0. The number of hydrogen-bond acceptors (Lipinski definition) is 5. The Hall–Kier alpha value is -3.13. The maximum Gasteiger partial charge on any atom is 0.253 e. The van der Waals surface area contributed by atoms with Crippen molar-refractivity contribution in [1.29, 1.82) is 0 Å². The third kappa shape index (κ3) is 5.82. The molecule has 1 N–H and O–H groups in total. The second-order valence-corrected chi connectivity index (χ2v) is 9.03. The predicted octanol–water partition coefficient (Wildman–Crippen LogP) is 3.86. The zero-order valence-corrected chi connectivity index (χ0v) is 19.7. The number of thioether (sulfide) groups is 1. The van der Waals surface area contributed by atoms with E-state index in [-0.39, 0.29) is 17.6 Å². The zero-order valence-electron chi connectivity index (χ0n) is 18.9. The van der Waals surface area contributed by atoms with Crippen LogP contribution in [0.25, 0.3) is 5.69 Å². The van der Waals surface area contributed by atoms with Crippen LogP contribution in [-0.2, 0) is 17.8 Å². The molecule has 0 spiro atoms. The minimum absolute atomic E-state index is 0.0742. The predicted molar refractivity (Wildman–Crippen MR) is 130 cm³/mol. The van der Waals surface area contributed by atoms with Crippen LogP contribution in [0.3, 0.4) is 0 Å². The summed E-state index contributed by atoms with van der Waals surface area (Å²) in [6.45, 7) is 4.14. The summed E-state index contributed by atoms with van der Waals surface area (Å²) in [6, 6.07) is 15.6. The number of aryl methyl sites for hydroxylation is 1. The van der Waals surface area contributed by atoms with E-state index in [1.165, 1.54) is 23.7 Å². The molecule has 1 aliphatic rings. The highest BCUT2D eigenvalue weighted by Gasteiger charge is 2.18. The molecule has 0 atom stereocenters. The Bertz CT molecular complexity index is 1110. The van der Waals surface area contributed by atoms with Gasteiger partial charge >= 0.3 is 0 Å². The summed E-state index contributed by atoms with van der Waals surface area (Å²) in [5.74, 6) is 0.218. The number of carbonyl (C=O) groups excluding carboxylic acids is 2. The van der Waals surface area contributed by atoms with Gasteiger partial charge in [0.25, 0.3) is 5.91 Å². The molecule has 8 heteroatoms. The lowest BCUT2D eigenvalue weighted by molar-refractivity contribution is -0.118. The fourth-order valence-corrected chi connectivity index (χ4v) is 4.76. The van der Waals surface area contributed by atoms with Gasteiger partial charge in [-0.2, -0.15) is 0 Å². The summed E-state index contributed by atoms with van der Waals surface area (Å²) in [5.41, 5.74) is 3.82. The Labute approximate surface area is 198 Å². The first-order valence-corrected chi connectivity index (χ1v) is 12.4. The first kappa shape index (κ1) is 23.0. The number of benzene rings is 2. The lowest BCUT2D eigenvalue weighted by Gasteiger charge is -2.26. The third-order valence-electron chi connectivity index (χ3n) is 5.79. The van der Waals surface area contributed by atoms with E-state index < -0.39 is 0 Å². The van der Waals surface area contributed by atoms with Gasteiger partial charge in [-0.3, -0.25) is 14.2 Å². The van der Waals surface area contributed by atoms with E-state index in [0.717, 1.165) is 43.6 Å². The van der Waals surface area contributed by atoms with Crippen LogP contribution in [0.4, 0.5) is 0 Å². The van der Waals surface area contributed by atoms with Crippen molar-refractivity contribution >= 4 is 23.6 Å². The average Bonchev–Trinajstić information content (AvgIpc) is 3.35. The minimum atomic E-state index is -0.0916. The standard InChI is InChI=1S/C25H29N5O2S/c1-2-20-10-4-5-12-22(20)30-18-27-28-25(30)33-17-23(31)26-16-19-9-8-11-21(15-19)24(32)29-13-6-3-7-14-29/h4-5,8-12,15,18H,2-3,6-7,13-14,16-17H2,1H3,(H,26,31). The Kier molecular flexibility index (Phi) is 7.78. The van der Waals surface area contributed by atoms with Gasteiger partial charge in [0.2, 0.25) is 5.91 Å². The normalized spacial score (nSPS) is 13.7. The molecular formula is C25H29N5O2S. The Morgan fingerprint density at radius 2 is 1.88 bits per heavy atom. The maximum absolute atomic E-state index is 12.7. The molecule has 2 heterocycles. The van der Waals surface area contributed by atoms with Crippen LogP contribution in [0.1, 0.15) is 47.7 Å². The van der Waals surface area contributed by atoms with Crippen molar-refractivity contribution in [1.82, 2.24) is 25.0 Å². The van der Waals surface area contributed by atoms with Crippen molar-refractivity contribution in [2.75, 3.05) is 18.8 Å². The summed E-state index contributed by atoms with van der Waals surface area (Å²) in [5, 5.41) is 11.8. The largest absolute Gasteiger partial charge is 0.351 e. The third-order valence-corrected chi connectivity index (χ3v) is 6.73. The van der Waals surface area contributed by atoms with Crippen molar-refractivity contribution < 1.29 is 9.59 Å². The number of nitrogens with zero attached hydrogens (tertiary/aromatic N) is 4. The molecule has 2 amide bonds. The van der Waals surface area contributed by atoms with Gasteiger partial charge in [0.1, 0.15) is 6.33 Å². The van der Waals surface area contributed by atoms with E-state index in [2.05, 4.69) is 28.5 Å². The molecule has 1 saturated heterocycles. The molecule has 33 heavy (non-hydrogen) atoms. The van der Waals surface area contributed by atoms with Gasteiger partial charge < -0.3 is 10.2 Å². The molecule has 7 nitrogen and oxygen atoms in total. The maximum atomic E-state index is 12.7. The molecule has 3 aromatic rings. The van der Waals surface area contributed by atoms with E-state index in [9.17, 15) is 9.59 Å². The lowest BCUT2D eigenvalue weighted by atomic mass is 10.1. The fourth-order valence-electron chi connectivity index (χ4n) is 4.01. The number of carbonyl (C=O) groups is 2. The van der Waals surface area contributed by atoms with Crippen LogP contribution in [0.15, 0.2) is 60.0 Å². The fraction of sp³-hybridized carbons (Fsp3) is 0.360. The van der Waals surface area contributed by atoms with Crippen molar-refractivity contribution in [3.8, 4) is 5.69 Å². The van der Waals surface area contributed by atoms with Crippen LogP contribution >= 0.6 is 11.8 Å². The zero-order chi connectivity index (χ0) is 23.0. The number of likely N-dealkylation sites (tertiary alicyclic amines) is 1. The van der Waals surface area contributed by atoms with Gasteiger partial charge in [-0.25, -0.2) is 0 Å². The van der Waals surface area contributed by atoms with Crippen LogP contribution in [0, 0.1) is 0 Å². The first-order chi connectivity index (χ1) is 16.2. The van der Waals surface area contributed by atoms with Crippen LogP contribution < -0.4 is 5.32 Å². The Morgan fingerprint density at radius 3 is 2.70 bits per heavy atom. The van der Waals surface area contributed by atoms with E-state index in [4.69, 9.17) is 0 Å². The number of piperidine rings is 1. The number of para-hydroxylation sites is 1. The number of hydrogen-bond donors (Lipinski definition) is 1. The quantitative estimate of drug-likeness (QED) is 0.513. The molecule has 1 aromatic heterocycles. The molecule has 172 valence electrons. The lowest BCUT2D eigenvalue weighted by Crippen LogP contribution is -2.35. The molecule has 4 rings (SSSR count). The second-order valence-electron chi connectivity index (χ2n) is 8.08. The molecular weight excluding hydrogens is 434 g/mol. The van der Waals surface area contributed by atoms with Gasteiger partial charge in [0.15, 0.2) is 5.16 Å². The van der Waals surface area contributed by atoms with Crippen LogP contribution in [-0.4, -0.2) is 50.3 Å². The summed E-state index contributed by atoms with van der Waals surface area (Å²) >= 11 is 1.35. The second kappa shape index (κ2) is 11.1. The monoisotopic (exact) mass is 463 g/mol. The number of amides is 2. The van der Waals surface area contributed by atoms with Gasteiger partial charge in [-0.15, -0.1) is 10.2 Å². The number of aromatic nitrogens is 3. The topological polar surface area (TPSA) is 80.1 Å². The van der Waals surface area contributed by atoms with Crippen molar-refractivity contribution in [2.45, 2.75) is 44.3 Å². The summed E-state index contributed by atoms with van der Waals surface area (Å²) in [6.07, 6.45) is 5.90. The van der Waals surface area contributed by atoms with Crippen molar-refractivity contribution in [2.24, 2.45) is 0 Å². The summed E-state index contributed by atoms with van der Waals surface area (Å²) in [4.78, 5) is 27.1. The Balaban J connectivity index is 1.32. The van der Waals surface area contributed by atoms with Gasteiger partial charge in [0, 0.05) is 25.2 Å². The van der Waals surface area contributed by atoms with Crippen molar-refractivity contribution in [3.63, 3.8) is 0 Å². The SMILES string of the molecule is CCc1ccccc1-n1cnnc1SCC(=O)NCc1cccc(C(=O)N2CCCCC2)c1. The van der Waals surface area contributed by atoms with Crippen molar-refractivity contribution in [3.05, 3.63) is 71.5 Å². The van der Waals surface area contributed by atoms with Gasteiger partial charge in [0.05, 0.1) is 11.4 Å². The molecule has 1 fully saturated rings. The minimum Gasteiger partial charge on any atom is -0.351 e. The van der Waals surface area contributed by atoms with E-state index in [0.29, 0.717) is 17.3 Å². The highest BCUT2D eigenvalue weighted by molar-refractivity contribution is 7.99. The van der Waals surface area contributed by atoms with E-state index >= 15 is 0 Å². The highest BCUT2D eigenvalue weighted by atomic mass is 32.2. The van der Waals surface area contributed by atoms with Gasteiger partial charge in [-0.1, -0.05) is 49.0 Å². The van der Waals surface area contributed by atoms with E-state index in [1.807, 2.05) is 51.9 Å². The number of rotatable bonds is 8. The molecule has 0 saturated carbocycles. The van der Waals surface area contributed by atoms with Gasteiger partial charge in [-0.05, 0) is 55.0 Å². The molecule has 0 bridgehead atoms. The van der Waals surface area contributed by atoms with Crippen LogP contribution in [0.5, 0.6) is 0 Å². The smallest absolute Gasteiger partial charge is 0.253 e.